The van der Waals surface area contributed by atoms with Gasteiger partial charge in [-0.1, -0.05) is 18.2 Å². The summed E-state index contributed by atoms with van der Waals surface area (Å²) in [6.07, 6.45) is -1.04. The summed E-state index contributed by atoms with van der Waals surface area (Å²) in [5, 5.41) is 2.71. The van der Waals surface area contributed by atoms with Crippen molar-refractivity contribution in [1.82, 2.24) is 0 Å². The maximum absolute atomic E-state index is 12.6. The Balaban J connectivity index is 1.62. The van der Waals surface area contributed by atoms with Crippen molar-refractivity contribution in [2.45, 2.75) is 13.0 Å². The molecule has 0 heterocycles. The van der Waals surface area contributed by atoms with E-state index in [1.807, 2.05) is 30.3 Å². The van der Waals surface area contributed by atoms with Gasteiger partial charge in [0.05, 0.1) is 26.9 Å². The summed E-state index contributed by atoms with van der Waals surface area (Å²) < 4.78 is 26.8. The fraction of sp³-hybridized carbons (Fsp3) is 0.200. The molecule has 0 saturated heterocycles. The van der Waals surface area contributed by atoms with Crippen molar-refractivity contribution in [2.24, 2.45) is 0 Å². The first kappa shape index (κ1) is 23.5. The van der Waals surface area contributed by atoms with E-state index < -0.39 is 18.0 Å². The van der Waals surface area contributed by atoms with Crippen LogP contribution in [0.3, 0.4) is 0 Å². The van der Waals surface area contributed by atoms with E-state index in [-0.39, 0.29) is 5.56 Å². The molecule has 33 heavy (non-hydrogen) atoms. The zero-order chi connectivity index (χ0) is 23.8. The van der Waals surface area contributed by atoms with Gasteiger partial charge in [0, 0.05) is 5.69 Å². The minimum Gasteiger partial charge on any atom is -0.493 e. The Labute approximate surface area is 192 Å². The van der Waals surface area contributed by atoms with Crippen molar-refractivity contribution in [1.29, 1.82) is 0 Å². The highest BCUT2D eigenvalue weighted by Gasteiger charge is 2.22. The van der Waals surface area contributed by atoms with Gasteiger partial charge in [-0.2, -0.15) is 0 Å². The smallest absolute Gasteiger partial charge is 0.339 e. The zero-order valence-corrected chi connectivity index (χ0v) is 18.8. The van der Waals surface area contributed by atoms with Crippen LogP contribution in [0, 0.1) is 0 Å². The van der Waals surface area contributed by atoms with Crippen LogP contribution in [0.15, 0.2) is 66.7 Å². The van der Waals surface area contributed by atoms with Crippen LogP contribution in [0.2, 0.25) is 0 Å². The summed E-state index contributed by atoms with van der Waals surface area (Å²) in [5.41, 5.74) is 0.697. The van der Waals surface area contributed by atoms with Crippen LogP contribution in [-0.4, -0.2) is 39.3 Å². The lowest BCUT2D eigenvalue weighted by molar-refractivity contribution is -0.123. The molecule has 0 bridgehead atoms. The molecule has 8 heteroatoms. The third kappa shape index (κ3) is 5.94. The number of rotatable bonds is 9. The van der Waals surface area contributed by atoms with Gasteiger partial charge >= 0.3 is 5.97 Å². The molecule has 0 aliphatic rings. The number of amides is 1. The second-order valence-electron chi connectivity index (χ2n) is 6.89. The number of benzene rings is 3. The predicted octanol–water partition coefficient (Wildman–Crippen LogP) is 4.69. The summed E-state index contributed by atoms with van der Waals surface area (Å²) >= 11 is 0. The first-order chi connectivity index (χ1) is 15.9. The van der Waals surface area contributed by atoms with E-state index in [0.29, 0.717) is 34.4 Å². The van der Waals surface area contributed by atoms with E-state index in [1.54, 1.807) is 24.3 Å². The van der Waals surface area contributed by atoms with Gasteiger partial charge in [-0.3, -0.25) is 4.79 Å². The molecule has 3 aromatic rings. The first-order valence-electron chi connectivity index (χ1n) is 10.1. The number of para-hydroxylation sites is 1. The summed E-state index contributed by atoms with van der Waals surface area (Å²) in [6.45, 7) is 1.48. The van der Waals surface area contributed by atoms with Crippen molar-refractivity contribution < 1.29 is 33.3 Å². The molecule has 8 nitrogen and oxygen atoms in total. The highest BCUT2D eigenvalue weighted by Crippen LogP contribution is 2.38. The summed E-state index contributed by atoms with van der Waals surface area (Å²) in [4.78, 5) is 25.1. The summed E-state index contributed by atoms with van der Waals surface area (Å²) in [6, 6.07) is 19.1. The van der Waals surface area contributed by atoms with Crippen molar-refractivity contribution in [3.05, 3.63) is 72.3 Å². The molecule has 0 saturated carbocycles. The highest BCUT2D eigenvalue weighted by molar-refractivity contribution is 5.97. The Kier molecular flexibility index (Phi) is 7.75. The molecule has 0 spiro atoms. The van der Waals surface area contributed by atoms with Gasteiger partial charge in [-0.05, 0) is 55.5 Å². The first-order valence-corrected chi connectivity index (χ1v) is 10.1. The third-order valence-corrected chi connectivity index (χ3v) is 4.65. The normalized spacial score (nSPS) is 11.2. The molecule has 0 unspecified atom stereocenters. The molecule has 1 atom stereocenters. The molecule has 3 aromatic carbocycles. The van der Waals surface area contributed by atoms with Crippen LogP contribution < -0.4 is 24.3 Å². The van der Waals surface area contributed by atoms with E-state index in [9.17, 15) is 9.59 Å². The summed E-state index contributed by atoms with van der Waals surface area (Å²) in [7, 11) is 4.35. The van der Waals surface area contributed by atoms with E-state index in [0.717, 1.165) is 0 Å². The van der Waals surface area contributed by atoms with Crippen molar-refractivity contribution in [2.75, 3.05) is 26.6 Å². The minimum absolute atomic E-state index is 0.159. The highest BCUT2D eigenvalue weighted by atomic mass is 16.6. The van der Waals surface area contributed by atoms with E-state index in [4.69, 9.17) is 23.7 Å². The average Bonchev–Trinajstić information content (AvgIpc) is 2.84. The molecule has 1 N–H and O–H groups in total. The molecule has 3 rings (SSSR count). The van der Waals surface area contributed by atoms with E-state index in [1.165, 1.54) is 40.4 Å². The van der Waals surface area contributed by atoms with Crippen molar-refractivity contribution in [3.63, 3.8) is 0 Å². The van der Waals surface area contributed by atoms with Gasteiger partial charge in [0.15, 0.2) is 17.6 Å². The van der Waals surface area contributed by atoms with Crippen LogP contribution in [0.5, 0.6) is 28.7 Å². The number of ether oxygens (including phenoxy) is 5. The SMILES string of the molecule is COc1cc(C(=O)O[C@@H](C)C(=O)Nc2ccc(Oc3ccccc3)cc2)cc(OC)c1OC. The maximum Gasteiger partial charge on any atom is 0.339 e. The average molecular weight is 451 g/mol. The Morgan fingerprint density at radius 2 is 1.36 bits per heavy atom. The molecule has 172 valence electrons. The molecular weight excluding hydrogens is 426 g/mol. The Hall–Kier alpha value is -4.20. The monoisotopic (exact) mass is 451 g/mol. The lowest BCUT2D eigenvalue weighted by atomic mass is 10.2. The predicted molar refractivity (Wildman–Crippen MR) is 123 cm³/mol. The largest absolute Gasteiger partial charge is 0.493 e. The van der Waals surface area contributed by atoms with Gasteiger partial charge in [-0.25, -0.2) is 4.79 Å². The Morgan fingerprint density at radius 3 is 1.91 bits per heavy atom. The number of nitrogens with one attached hydrogen (secondary N) is 1. The number of esters is 1. The topological polar surface area (TPSA) is 92.3 Å². The van der Waals surface area contributed by atoms with Crippen LogP contribution in [0.25, 0.3) is 0 Å². The third-order valence-electron chi connectivity index (χ3n) is 4.65. The van der Waals surface area contributed by atoms with Crippen LogP contribution >= 0.6 is 0 Å². The number of methoxy groups -OCH3 is 3. The number of carbonyl (C=O) groups excluding carboxylic acids is 2. The quantitative estimate of drug-likeness (QED) is 0.472. The summed E-state index contributed by atoms with van der Waals surface area (Å²) in [5.74, 6) is 1.11. The van der Waals surface area contributed by atoms with Crippen LogP contribution in [0.4, 0.5) is 5.69 Å². The minimum atomic E-state index is -1.04. The molecule has 0 aliphatic carbocycles. The molecule has 0 fully saturated rings. The van der Waals surface area contributed by atoms with Gasteiger partial charge in [0.1, 0.15) is 11.5 Å². The second-order valence-corrected chi connectivity index (χ2v) is 6.89. The molecule has 1 amide bonds. The fourth-order valence-electron chi connectivity index (χ4n) is 2.96. The van der Waals surface area contributed by atoms with Gasteiger partial charge in [-0.15, -0.1) is 0 Å². The van der Waals surface area contributed by atoms with Crippen LogP contribution in [-0.2, 0) is 9.53 Å². The fourth-order valence-corrected chi connectivity index (χ4v) is 2.96. The standard InChI is InChI=1S/C25H25NO7/c1-16(32-25(28)17-14-21(29-2)23(31-4)22(15-17)30-3)24(27)26-18-10-12-20(13-11-18)33-19-8-6-5-7-9-19/h5-16H,1-4H3,(H,26,27)/t16-/m0/s1. The van der Waals surface area contributed by atoms with Gasteiger partial charge < -0.3 is 29.0 Å². The van der Waals surface area contributed by atoms with Gasteiger partial charge in [0.2, 0.25) is 5.75 Å². The number of hydrogen-bond acceptors (Lipinski definition) is 7. The lowest BCUT2D eigenvalue weighted by Crippen LogP contribution is -2.30. The number of hydrogen-bond donors (Lipinski definition) is 1. The zero-order valence-electron chi connectivity index (χ0n) is 18.8. The Bertz CT molecular complexity index is 1070. The second kappa shape index (κ2) is 10.9. The molecule has 0 aromatic heterocycles. The molecule has 0 radical (unpaired) electrons. The van der Waals surface area contributed by atoms with Crippen LogP contribution in [0.1, 0.15) is 17.3 Å². The Morgan fingerprint density at radius 1 is 0.788 bits per heavy atom. The maximum atomic E-state index is 12.6. The van der Waals surface area contributed by atoms with E-state index >= 15 is 0 Å². The molecular formula is C25H25NO7. The molecule has 0 aliphatic heterocycles. The van der Waals surface area contributed by atoms with Crippen molar-refractivity contribution in [3.8, 4) is 28.7 Å². The lowest BCUT2D eigenvalue weighted by Gasteiger charge is -2.16. The number of anilines is 1. The van der Waals surface area contributed by atoms with Crippen molar-refractivity contribution >= 4 is 17.6 Å². The van der Waals surface area contributed by atoms with Gasteiger partial charge in [0.25, 0.3) is 5.91 Å². The van der Waals surface area contributed by atoms with E-state index in [2.05, 4.69) is 5.32 Å². The number of carbonyl (C=O) groups is 2.